The first-order chi connectivity index (χ1) is 8.70. The second-order valence-corrected chi connectivity index (χ2v) is 4.67. The first kappa shape index (κ1) is 15.7. The molecule has 0 aliphatic heterocycles. The van der Waals surface area contributed by atoms with Crippen molar-refractivity contribution in [2.24, 2.45) is 0 Å². The molecule has 0 fully saturated rings. The molecule has 19 heavy (non-hydrogen) atoms. The molecule has 0 radical (unpaired) electrons. The van der Waals surface area contributed by atoms with Crippen LogP contribution in [0.1, 0.15) is 38.1 Å². The lowest BCUT2D eigenvalue weighted by molar-refractivity contribution is 0.495. The van der Waals surface area contributed by atoms with Crippen molar-refractivity contribution in [3.63, 3.8) is 0 Å². The summed E-state index contributed by atoms with van der Waals surface area (Å²) in [4.78, 5) is 0. The van der Waals surface area contributed by atoms with E-state index >= 15 is 0 Å². The predicted molar refractivity (Wildman–Crippen MR) is 78.3 cm³/mol. The molecule has 1 N–H and O–H groups in total. The Labute approximate surface area is 120 Å². The molecule has 0 saturated heterocycles. The lowest BCUT2D eigenvalue weighted by atomic mass is 10.3. The fraction of sp³-hybridized carbons (Fsp3) is 0.538. The van der Waals surface area contributed by atoms with Crippen molar-refractivity contribution < 1.29 is 0 Å². The van der Waals surface area contributed by atoms with Crippen molar-refractivity contribution >= 4 is 12.4 Å². The average Bonchev–Trinajstić information content (AvgIpc) is 2.97. The van der Waals surface area contributed by atoms with Gasteiger partial charge in [-0.25, -0.2) is 0 Å². The van der Waals surface area contributed by atoms with E-state index in [0.29, 0.717) is 6.04 Å². The van der Waals surface area contributed by atoms with Crippen LogP contribution in [-0.2, 0) is 19.6 Å². The molecule has 0 aliphatic rings. The summed E-state index contributed by atoms with van der Waals surface area (Å²) in [5.41, 5.74) is 2.43. The van der Waals surface area contributed by atoms with Gasteiger partial charge in [0.1, 0.15) is 0 Å². The van der Waals surface area contributed by atoms with Crippen LogP contribution in [0.5, 0.6) is 0 Å². The molecule has 0 unspecified atom stereocenters. The number of halogens is 1. The topological polar surface area (TPSA) is 47.7 Å². The Morgan fingerprint density at radius 2 is 2.05 bits per heavy atom. The van der Waals surface area contributed by atoms with Crippen LogP contribution in [-0.4, -0.2) is 19.6 Å². The lowest BCUT2D eigenvalue weighted by Crippen LogP contribution is -2.17. The average molecular weight is 284 g/mol. The molecule has 0 aliphatic carbocycles. The van der Waals surface area contributed by atoms with Crippen molar-refractivity contribution in [1.29, 1.82) is 0 Å². The molecule has 2 aromatic heterocycles. The van der Waals surface area contributed by atoms with Gasteiger partial charge in [-0.1, -0.05) is 0 Å². The molecule has 5 nitrogen and oxygen atoms in total. The first-order valence-electron chi connectivity index (χ1n) is 6.45. The standard InChI is InChI=1S/C13H21N5.ClH/c1-4-17-10-12(8-16-17)7-14-9-13-5-6-15-18(13)11(2)3;/h5-6,8,10-11,14H,4,7,9H2,1-3H3;1H. The molecule has 0 saturated carbocycles. The van der Waals surface area contributed by atoms with Gasteiger partial charge in [-0.3, -0.25) is 9.36 Å². The van der Waals surface area contributed by atoms with Crippen LogP contribution in [0.15, 0.2) is 24.7 Å². The zero-order valence-electron chi connectivity index (χ0n) is 11.7. The fourth-order valence-corrected chi connectivity index (χ4v) is 1.95. The van der Waals surface area contributed by atoms with E-state index < -0.39 is 0 Å². The summed E-state index contributed by atoms with van der Waals surface area (Å²) in [7, 11) is 0. The molecular weight excluding hydrogens is 262 g/mol. The van der Waals surface area contributed by atoms with Crippen LogP contribution in [0.2, 0.25) is 0 Å². The number of nitrogens with one attached hydrogen (secondary N) is 1. The van der Waals surface area contributed by atoms with E-state index in [9.17, 15) is 0 Å². The van der Waals surface area contributed by atoms with Gasteiger partial charge in [-0.05, 0) is 26.8 Å². The molecule has 2 aromatic rings. The third-order valence-electron chi connectivity index (χ3n) is 2.89. The third-order valence-corrected chi connectivity index (χ3v) is 2.89. The van der Waals surface area contributed by atoms with Gasteiger partial charge in [0.2, 0.25) is 0 Å². The Kier molecular flexibility index (Phi) is 6.05. The molecular formula is C13H22ClN5. The van der Waals surface area contributed by atoms with Gasteiger partial charge >= 0.3 is 0 Å². The number of aromatic nitrogens is 4. The Bertz CT molecular complexity index is 489. The number of rotatable bonds is 6. The molecule has 0 bridgehead atoms. The molecule has 0 aromatic carbocycles. The summed E-state index contributed by atoms with van der Waals surface area (Å²) in [6.45, 7) is 8.95. The highest BCUT2D eigenvalue weighted by Crippen LogP contribution is 2.07. The predicted octanol–water partition coefficient (Wildman–Crippen LogP) is 2.39. The minimum atomic E-state index is 0. The maximum absolute atomic E-state index is 4.32. The van der Waals surface area contributed by atoms with Crippen LogP contribution in [0.3, 0.4) is 0 Å². The van der Waals surface area contributed by atoms with E-state index in [0.717, 1.165) is 19.6 Å². The van der Waals surface area contributed by atoms with E-state index in [1.54, 1.807) is 0 Å². The summed E-state index contributed by atoms with van der Waals surface area (Å²) in [5, 5.41) is 12.0. The normalized spacial score (nSPS) is 10.7. The Balaban J connectivity index is 0.00000180. The van der Waals surface area contributed by atoms with Gasteiger partial charge in [0, 0.05) is 43.6 Å². The van der Waals surface area contributed by atoms with Gasteiger partial charge in [0.05, 0.1) is 11.9 Å². The molecule has 0 spiro atoms. The van der Waals surface area contributed by atoms with E-state index in [2.05, 4.69) is 48.5 Å². The lowest BCUT2D eigenvalue weighted by Gasteiger charge is -2.11. The van der Waals surface area contributed by atoms with Gasteiger partial charge < -0.3 is 5.32 Å². The highest BCUT2D eigenvalue weighted by Gasteiger charge is 2.05. The van der Waals surface area contributed by atoms with Gasteiger partial charge in [-0.15, -0.1) is 12.4 Å². The Morgan fingerprint density at radius 1 is 1.26 bits per heavy atom. The third kappa shape index (κ3) is 4.08. The monoisotopic (exact) mass is 283 g/mol. The van der Waals surface area contributed by atoms with E-state index in [4.69, 9.17) is 0 Å². The highest BCUT2D eigenvalue weighted by molar-refractivity contribution is 5.85. The van der Waals surface area contributed by atoms with E-state index in [1.807, 2.05) is 21.8 Å². The van der Waals surface area contributed by atoms with Crippen molar-refractivity contribution in [2.45, 2.75) is 46.4 Å². The van der Waals surface area contributed by atoms with Gasteiger partial charge in [-0.2, -0.15) is 10.2 Å². The smallest absolute Gasteiger partial charge is 0.0534 e. The zero-order chi connectivity index (χ0) is 13.0. The SMILES string of the molecule is CCn1cc(CNCc2ccnn2C(C)C)cn1.Cl. The maximum Gasteiger partial charge on any atom is 0.0534 e. The van der Waals surface area contributed by atoms with Crippen LogP contribution in [0, 0.1) is 0 Å². The molecule has 2 rings (SSSR count). The summed E-state index contributed by atoms with van der Waals surface area (Å²) >= 11 is 0. The summed E-state index contributed by atoms with van der Waals surface area (Å²) in [6.07, 6.45) is 5.84. The highest BCUT2D eigenvalue weighted by atomic mass is 35.5. The molecule has 0 atom stereocenters. The van der Waals surface area contributed by atoms with Crippen molar-refractivity contribution in [3.05, 3.63) is 35.9 Å². The largest absolute Gasteiger partial charge is 0.307 e. The van der Waals surface area contributed by atoms with E-state index in [1.165, 1.54) is 11.3 Å². The number of aryl methyl sites for hydroxylation is 1. The number of hydrogen-bond acceptors (Lipinski definition) is 3. The molecule has 2 heterocycles. The molecule has 106 valence electrons. The van der Waals surface area contributed by atoms with Crippen LogP contribution in [0.4, 0.5) is 0 Å². The van der Waals surface area contributed by atoms with Crippen LogP contribution >= 0.6 is 12.4 Å². The quantitative estimate of drug-likeness (QED) is 0.885. The summed E-state index contributed by atoms with van der Waals surface area (Å²) in [6, 6.07) is 2.46. The fourth-order valence-electron chi connectivity index (χ4n) is 1.95. The van der Waals surface area contributed by atoms with Crippen molar-refractivity contribution in [3.8, 4) is 0 Å². The summed E-state index contributed by atoms with van der Waals surface area (Å²) in [5.74, 6) is 0. The minimum absolute atomic E-state index is 0. The van der Waals surface area contributed by atoms with Crippen molar-refractivity contribution in [2.75, 3.05) is 0 Å². The Morgan fingerprint density at radius 3 is 2.68 bits per heavy atom. The van der Waals surface area contributed by atoms with E-state index in [-0.39, 0.29) is 12.4 Å². The van der Waals surface area contributed by atoms with Crippen LogP contribution in [0.25, 0.3) is 0 Å². The van der Waals surface area contributed by atoms with Crippen molar-refractivity contribution in [1.82, 2.24) is 24.9 Å². The minimum Gasteiger partial charge on any atom is -0.307 e. The number of hydrogen-bond donors (Lipinski definition) is 1. The molecule has 6 heteroatoms. The summed E-state index contributed by atoms with van der Waals surface area (Å²) < 4.78 is 3.98. The molecule has 0 amide bonds. The van der Waals surface area contributed by atoms with Gasteiger partial charge in [0.25, 0.3) is 0 Å². The Hall–Kier alpha value is -1.33. The first-order valence-corrected chi connectivity index (χ1v) is 6.45. The zero-order valence-corrected chi connectivity index (χ0v) is 12.5. The second kappa shape index (κ2) is 7.31. The maximum atomic E-state index is 4.32. The number of nitrogens with zero attached hydrogens (tertiary/aromatic N) is 4. The van der Waals surface area contributed by atoms with Gasteiger partial charge in [0.15, 0.2) is 0 Å². The van der Waals surface area contributed by atoms with Crippen LogP contribution < -0.4 is 5.32 Å². The second-order valence-electron chi connectivity index (χ2n) is 4.67.